The highest BCUT2D eigenvalue weighted by Crippen LogP contribution is 2.43. The van der Waals surface area contributed by atoms with E-state index in [0.717, 1.165) is 19.6 Å². The van der Waals surface area contributed by atoms with E-state index < -0.39 is 108 Å². The molecule has 2 atom stereocenters. The molecule has 0 aliphatic carbocycles. The molecule has 4 aliphatic heterocycles. The molecule has 7 aromatic carbocycles. The summed E-state index contributed by atoms with van der Waals surface area (Å²) >= 11 is 0. The van der Waals surface area contributed by atoms with E-state index in [1.807, 2.05) is 13.8 Å². The molecule has 20 heteroatoms. The van der Waals surface area contributed by atoms with Crippen LogP contribution < -0.4 is 19.6 Å². The summed E-state index contributed by atoms with van der Waals surface area (Å²) in [5.74, 6) is -1.97. The van der Waals surface area contributed by atoms with Crippen molar-refractivity contribution in [2.45, 2.75) is 77.0 Å². The number of nitrogens with zero attached hydrogens (tertiary/aromatic N) is 4. The Hall–Kier alpha value is -12.6. The zero-order chi connectivity index (χ0) is 70.1. The Morgan fingerprint density at radius 3 is 1.24 bits per heavy atom. The summed E-state index contributed by atoms with van der Waals surface area (Å²) in [6, 6.07) is 31.6. The monoisotopic (exact) mass is 1310 g/mol. The van der Waals surface area contributed by atoms with Crippen molar-refractivity contribution in [1.29, 1.82) is 0 Å². The molecule has 0 aromatic heterocycles. The van der Waals surface area contributed by atoms with Crippen LogP contribution in [0.25, 0.3) is 6.08 Å². The van der Waals surface area contributed by atoms with E-state index in [1.165, 1.54) is 121 Å². The summed E-state index contributed by atoms with van der Waals surface area (Å²) in [4.78, 5) is 172. The van der Waals surface area contributed by atoms with Crippen molar-refractivity contribution >= 4 is 100.0 Å². The second kappa shape index (κ2) is 27.0. The Bertz CT molecular complexity index is 4730. The molecule has 0 radical (unpaired) electrons. The van der Waals surface area contributed by atoms with Crippen molar-refractivity contribution in [3.8, 4) is 37.0 Å². The summed E-state index contributed by atoms with van der Waals surface area (Å²) < 4.78 is 22.9. The van der Waals surface area contributed by atoms with Crippen LogP contribution in [0.3, 0.4) is 0 Å². The van der Waals surface area contributed by atoms with Gasteiger partial charge in [0.05, 0.1) is 89.2 Å². The lowest BCUT2D eigenvalue weighted by atomic mass is 9.74. The minimum Gasteiger partial charge on any atom is -0.461 e. The van der Waals surface area contributed by atoms with Gasteiger partial charge in [-0.15, -0.1) is 19.3 Å². The van der Waals surface area contributed by atoms with E-state index in [9.17, 15) is 57.5 Å². The fraction of sp³-hybridized carbons (Fsp3) is 0.205. The van der Waals surface area contributed by atoms with E-state index in [4.69, 9.17) is 38.2 Å². The molecule has 8 amide bonds. The van der Waals surface area contributed by atoms with Gasteiger partial charge in [-0.2, -0.15) is 0 Å². The maximum atomic E-state index is 14.6. The van der Waals surface area contributed by atoms with Crippen molar-refractivity contribution in [2.75, 3.05) is 46.0 Å². The number of benzene rings is 7. The number of carbonyl (C=O) groups excluding carboxylic acids is 12. The highest BCUT2D eigenvalue weighted by Gasteiger charge is 2.46. The topological polar surface area (TPSA) is 255 Å². The summed E-state index contributed by atoms with van der Waals surface area (Å²) in [5, 5.41) is 0. The second-order valence-electron chi connectivity index (χ2n) is 23.7. The molecular weight excluding hydrogens is 1250 g/mol. The van der Waals surface area contributed by atoms with E-state index in [1.54, 1.807) is 32.0 Å². The zero-order valence-electron chi connectivity index (χ0n) is 53.6. The predicted octanol–water partition coefficient (Wildman–Crippen LogP) is 11.2. The summed E-state index contributed by atoms with van der Waals surface area (Å²) in [7, 11) is 0. The predicted molar refractivity (Wildman–Crippen MR) is 360 cm³/mol. The van der Waals surface area contributed by atoms with Gasteiger partial charge in [-0.1, -0.05) is 88.6 Å². The highest BCUT2D eigenvalue weighted by atomic mass is 16.6. The molecular formula is C78H60N4O16. The van der Waals surface area contributed by atoms with Gasteiger partial charge < -0.3 is 18.9 Å². The molecule has 0 saturated heterocycles. The molecule has 0 fully saturated rings. The Labute approximate surface area is 563 Å². The molecule has 4 aliphatic rings. The van der Waals surface area contributed by atoms with Crippen LogP contribution in [-0.4, -0.2) is 97.6 Å². The Kier molecular flexibility index (Phi) is 18.4. The number of rotatable bonds is 23. The third-order valence-corrected chi connectivity index (χ3v) is 17.9. The number of amides is 8. The quantitative estimate of drug-likeness (QED) is 0.0190. The van der Waals surface area contributed by atoms with Gasteiger partial charge >= 0.3 is 23.9 Å². The smallest absolute Gasteiger partial charge is 0.338 e. The van der Waals surface area contributed by atoms with Crippen LogP contribution in [0, 0.1) is 37.0 Å². The van der Waals surface area contributed by atoms with Crippen LogP contribution in [0.5, 0.6) is 0 Å². The van der Waals surface area contributed by atoms with Gasteiger partial charge in [-0.25, -0.2) is 29.2 Å². The Morgan fingerprint density at radius 1 is 0.429 bits per heavy atom. The number of fused-ring (bicyclic) bond motifs is 4. The molecule has 2 unspecified atom stereocenters. The lowest BCUT2D eigenvalue weighted by Gasteiger charge is -2.31. The first-order chi connectivity index (χ1) is 47.1. The Balaban J connectivity index is 0.777. The van der Waals surface area contributed by atoms with Gasteiger partial charge in [0.25, 0.3) is 47.3 Å². The number of imide groups is 4. The first kappa shape index (κ1) is 66.8. The summed E-state index contributed by atoms with van der Waals surface area (Å²) in [6.45, 7) is 8.98. The Morgan fingerprint density at radius 2 is 0.827 bits per heavy atom. The molecule has 0 spiro atoms. The normalized spacial score (nSPS) is 14.7. The van der Waals surface area contributed by atoms with Crippen molar-refractivity contribution in [3.05, 3.63) is 229 Å². The molecule has 0 saturated carbocycles. The van der Waals surface area contributed by atoms with Gasteiger partial charge in [-0.3, -0.25) is 47.9 Å². The van der Waals surface area contributed by atoms with Crippen LogP contribution in [-0.2, 0) is 39.4 Å². The van der Waals surface area contributed by atoms with Crippen LogP contribution in [0.4, 0.5) is 22.7 Å². The number of hydrogen-bond acceptors (Lipinski definition) is 16. The molecule has 20 nitrogen and oxygen atoms in total. The van der Waals surface area contributed by atoms with Gasteiger partial charge in [0, 0.05) is 16.7 Å². The standard InChI is InChI=1S/C78H60N4O16/c1-9-16-29-77(8,52-41-55(81-67(85)59-26-22-47(13-5)36-63(59)71(81)89)44-56(42-52)82-68(86)60-27-23-48(14-6)37-64(60)72(82)90)75(93)97-32-30-95-73(91)49-18-17-19-51(38-49)78(15-7,28-10-2)76(94)98-33-31-96-74(92)50-39-53(79-65(83)57-24-20-45(11-3)34-61(57)69(79)87)43-54(40-50)80-66(84)58-25-21-46(12-4)35-62(58)70(80)88/h3,5-6,12,17-27,34-44H,4,9-10,15-16,28-33H2,1-2,7-8H3. The van der Waals surface area contributed by atoms with E-state index in [0.29, 0.717) is 47.1 Å². The van der Waals surface area contributed by atoms with Crippen LogP contribution in [0.1, 0.15) is 203 Å². The molecule has 0 bridgehead atoms. The lowest BCUT2D eigenvalue weighted by molar-refractivity contribution is -0.152. The van der Waals surface area contributed by atoms with Crippen LogP contribution in [0.15, 0.2) is 140 Å². The number of terminal acetylenes is 3. The number of hydrogen-bond donors (Lipinski definition) is 0. The molecule has 4 heterocycles. The average molecular weight is 1310 g/mol. The molecule has 7 aromatic rings. The molecule has 488 valence electrons. The SMILES string of the molecule is C#Cc1ccc2c(c1)C(=O)N(c1cc(C(=O)OCCOC(=O)C(CC)(CCC)c3cccc(C(=O)OCCOC(=O)C(C)(CCCC)c4cc(N5C(=O)c6ccc(C#C)cc6C5=O)cc(N5C(=O)c6ccc(C#C)cc6C5=O)c4)c3)cc(N3C(=O)c4ccc(C=C)cc4C3=O)c1)C2=O. The van der Waals surface area contributed by atoms with E-state index in [-0.39, 0.29) is 103 Å². The van der Waals surface area contributed by atoms with Crippen molar-refractivity contribution in [1.82, 2.24) is 0 Å². The molecule has 98 heavy (non-hydrogen) atoms. The van der Waals surface area contributed by atoms with Crippen molar-refractivity contribution in [2.24, 2.45) is 0 Å². The van der Waals surface area contributed by atoms with Crippen molar-refractivity contribution in [3.63, 3.8) is 0 Å². The lowest BCUT2D eigenvalue weighted by Crippen LogP contribution is -2.38. The van der Waals surface area contributed by atoms with Gasteiger partial charge in [0.1, 0.15) is 26.4 Å². The maximum Gasteiger partial charge on any atom is 0.338 e. The number of anilines is 4. The van der Waals surface area contributed by atoms with Crippen LogP contribution in [0.2, 0.25) is 0 Å². The average Bonchev–Trinajstić information content (AvgIpc) is 1.60. The van der Waals surface area contributed by atoms with Gasteiger partial charge in [0.2, 0.25) is 0 Å². The summed E-state index contributed by atoms with van der Waals surface area (Å²) in [6.07, 6.45) is 20.5. The number of carbonyl (C=O) groups is 12. The minimum absolute atomic E-state index is 0.00358. The van der Waals surface area contributed by atoms with Crippen molar-refractivity contribution < 1.29 is 76.5 Å². The van der Waals surface area contributed by atoms with Gasteiger partial charge in [-0.05, 0) is 158 Å². The number of unbranched alkanes of at least 4 members (excludes halogenated alkanes) is 1. The van der Waals surface area contributed by atoms with Gasteiger partial charge in [0.15, 0.2) is 0 Å². The fourth-order valence-electron chi connectivity index (χ4n) is 12.6. The minimum atomic E-state index is -1.58. The number of esters is 4. The first-order valence-corrected chi connectivity index (χ1v) is 31.3. The highest BCUT2D eigenvalue weighted by molar-refractivity contribution is 6.38. The second-order valence-corrected chi connectivity index (χ2v) is 23.7. The maximum absolute atomic E-state index is 14.6. The third kappa shape index (κ3) is 11.8. The largest absolute Gasteiger partial charge is 0.461 e. The molecule has 0 N–H and O–H groups in total. The zero-order valence-corrected chi connectivity index (χ0v) is 53.6. The fourth-order valence-corrected chi connectivity index (χ4v) is 12.6. The number of ether oxygens (including phenoxy) is 4. The van der Waals surface area contributed by atoms with Crippen LogP contribution >= 0.6 is 0 Å². The first-order valence-electron chi connectivity index (χ1n) is 31.3. The summed E-state index contributed by atoms with van der Waals surface area (Å²) in [5.41, 5.74) is -1.14. The third-order valence-electron chi connectivity index (χ3n) is 17.9. The molecule has 11 rings (SSSR count). The van der Waals surface area contributed by atoms with E-state index in [2.05, 4.69) is 24.3 Å². The van der Waals surface area contributed by atoms with E-state index >= 15 is 0 Å².